The Hall–Kier alpha value is -2.33. The van der Waals surface area contributed by atoms with Crippen LogP contribution in [0, 0.1) is 5.92 Å². The number of hydrogen-bond acceptors (Lipinski definition) is 2. The first kappa shape index (κ1) is 18.1. The predicted molar refractivity (Wildman–Crippen MR) is 106 cm³/mol. The van der Waals surface area contributed by atoms with Crippen LogP contribution < -0.4 is 5.32 Å². The second-order valence-electron chi connectivity index (χ2n) is 7.45. The average Bonchev–Trinajstić information content (AvgIpc) is 3.52. The van der Waals surface area contributed by atoms with E-state index < -0.39 is 0 Å². The number of hydrogen-bond donors (Lipinski definition) is 1. The van der Waals surface area contributed by atoms with Crippen LogP contribution in [0.3, 0.4) is 0 Å². The Bertz CT molecular complexity index is 818. The number of nitrogens with one attached hydrogen (secondary N) is 1. The molecule has 1 saturated heterocycles. The Morgan fingerprint density at radius 2 is 1.63 bits per heavy atom. The largest absolute Gasteiger partial charge is 0.353 e. The Labute approximate surface area is 164 Å². The molecule has 0 radical (unpaired) electrons. The van der Waals surface area contributed by atoms with Gasteiger partial charge in [0.15, 0.2) is 0 Å². The van der Waals surface area contributed by atoms with Crippen molar-refractivity contribution in [3.63, 3.8) is 0 Å². The van der Waals surface area contributed by atoms with E-state index in [4.69, 9.17) is 11.6 Å². The molecule has 2 aromatic carbocycles. The number of amides is 2. The maximum absolute atomic E-state index is 13.2. The standard InChI is InChI=1S/C22H23ClN2O2/c23-18-9-6-16(7-10-18)22(27)25-14-17(21(26)24-19-11-12-19)8-13-20(25)15-4-2-1-3-5-15/h1-7,9-10,17,19-20H,8,11-14H2,(H,24,26)/t17-,20-/m0/s1. The third-order valence-corrected chi connectivity index (χ3v) is 5.66. The van der Waals surface area contributed by atoms with Crippen molar-refractivity contribution in [3.8, 4) is 0 Å². The molecule has 1 heterocycles. The third-order valence-electron chi connectivity index (χ3n) is 5.41. The topological polar surface area (TPSA) is 49.4 Å². The zero-order valence-corrected chi connectivity index (χ0v) is 15.9. The van der Waals surface area contributed by atoms with Crippen molar-refractivity contribution in [2.24, 2.45) is 5.92 Å². The van der Waals surface area contributed by atoms with Crippen LogP contribution in [-0.2, 0) is 4.79 Å². The Kier molecular flexibility index (Phi) is 5.17. The van der Waals surface area contributed by atoms with Crippen LogP contribution in [0.2, 0.25) is 5.02 Å². The van der Waals surface area contributed by atoms with Gasteiger partial charge in [-0.15, -0.1) is 0 Å². The molecule has 140 valence electrons. The summed E-state index contributed by atoms with van der Waals surface area (Å²) in [6, 6.07) is 17.4. The van der Waals surface area contributed by atoms with Gasteiger partial charge in [-0.25, -0.2) is 0 Å². The van der Waals surface area contributed by atoms with Gasteiger partial charge in [0.25, 0.3) is 5.91 Å². The highest BCUT2D eigenvalue weighted by atomic mass is 35.5. The molecule has 2 atom stereocenters. The van der Waals surface area contributed by atoms with E-state index in [-0.39, 0.29) is 23.8 Å². The van der Waals surface area contributed by atoms with Crippen LogP contribution in [0.25, 0.3) is 0 Å². The van der Waals surface area contributed by atoms with Crippen molar-refractivity contribution >= 4 is 23.4 Å². The van der Waals surface area contributed by atoms with E-state index in [0.29, 0.717) is 23.2 Å². The van der Waals surface area contributed by atoms with E-state index in [9.17, 15) is 9.59 Å². The second kappa shape index (κ2) is 7.73. The summed E-state index contributed by atoms with van der Waals surface area (Å²) in [7, 11) is 0. The first-order valence-corrected chi connectivity index (χ1v) is 9.91. The summed E-state index contributed by atoms with van der Waals surface area (Å²) in [6.45, 7) is 0.444. The molecule has 0 spiro atoms. The summed E-state index contributed by atoms with van der Waals surface area (Å²) in [5.74, 6) is -0.121. The summed E-state index contributed by atoms with van der Waals surface area (Å²) < 4.78 is 0. The zero-order valence-electron chi connectivity index (χ0n) is 15.1. The lowest BCUT2D eigenvalue weighted by atomic mass is 9.88. The molecule has 2 aliphatic rings. The Balaban J connectivity index is 1.58. The van der Waals surface area contributed by atoms with Crippen LogP contribution >= 0.6 is 11.6 Å². The van der Waals surface area contributed by atoms with Gasteiger partial charge in [0.2, 0.25) is 5.91 Å². The number of rotatable bonds is 4. The summed E-state index contributed by atoms with van der Waals surface area (Å²) in [5, 5.41) is 3.69. The van der Waals surface area contributed by atoms with Crippen LogP contribution in [0.4, 0.5) is 0 Å². The number of carbonyl (C=O) groups is 2. The lowest BCUT2D eigenvalue weighted by molar-refractivity contribution is -0.127. The number of carbonyl (C=O) groups excluding carboxylic acids is 2. The van der Waals surface area contributed by atoms with Crippen LogP contribution in [0.1, 0.15) is 47.6 Å². The molecule has 4 nitrogen and oxygen atoms in total. The van der Waals surface area contributed by atoms with E-state index in [1.54, 1.807) is 24.3 Å². The molecule has 5 heteroatoms. The lowest BCUT2D eigenvalue weighted by Gasteiger charge is -2.39. The van der Waals surface area contributed by atoms with Crippen LogP contribution in [0.15, 0.2) is 54.6 Å². The Morgan fingerprint density at radius 3 is 2.30 bits per heavy atom. The van der Waals surface area contributed by atoms with Crippen molar-refractivity contribution in [2.75, 3.05) is 6.54 Å². The molecular weight excluding hydrogens is 360 g/mol. The molecule has 1 N–H and O–H groups in total. The van der Waals surface area contributed by atoms with Crippen molar-refractivity contribution in [1.29, 1.82) is 0 Å². The summed E-state index contributed by atoms with van der Waals surface area (Å²) >= 11 is 5.97. The molecule has 2 amide bonds. The molecule has 0 bridgehead atoms. The van der Waals surface area contributed by atoms with Crippen molar-refractivity contribution in [3.05, 3.63) is 70.7 Å². The Morgan fingerprint density at radius 1 is 0.926 bits per heavy atom. The number of nitrogens with zero attached hydrogens (tertiary/aromatic N) is 1. The average molecular weight is 383 g/mol. The lowest BCUT2D eigenvalue weighted by Crippen LogP contribution is -2.47. The predicted octanol–water partition coefficient (Wildman–Crippen LogP) is 4.21. The first-order valence-electron chi connectivity index (χ1n) is 9.53. The summed E-state index contributed by atoms with van der Waals surface area (Å²) in [6.07, 6.45) is 3.71. The van der Waals surface area contributed by atoms with E-state index in [2.05, 4.69) is 17.4 Å². The smallest absolute Gasteiger partial charge is 0.254 e. The van der Waals surface area contributed by atoms with Crippen molar-refractivity contribution in [2.45, 2.75) is 37.8 Å². The molecule has 0 unspecified atom stereocenters. The maximum Gasteiger partial charge on any atom is 0.254 e. The van der Waals surface area contributed by atoms with Gasteiger partial charge in [-0.05, 0) is 55.5 Å². The van der Waals surface area contributed by atoms with Gasteiger partial charge in [0.1, 0.15) is 0 Å². The normalized spacial score (nSPS) is 22.3. The molecule has 0 aromatic heterocycles. The fraction of sp³-hybridized carbons (Fsp3) is 0.364. The van der Waals surface area contributed by atoms with Gasteiger partial charge < -0.3 is 10.2 Å². The van der Waals surface area contributed by atoms with E-state index in [1.807, 2.05) is 23.1 Å². The van der Waals surface area contributed by atoms with Gasteiger partial charge in [-0.3, -0.25) is 9.59 Å². The van der Waals surface area contributed by atoms with Crippen LogP contribution in [0.5, 0.6) is 0 Å². The summed E-state index contributed by atoms with van der Waals surface area (Å²) in [5.41, 5.74) is 1.71. The van der Waals surface area contributed by atoms with Gasteiger partial charge >= 0.3 is 0 Å². The SMILES string of the molecule is O=C(NC1CC1)[C@H]1CC[C@@H](c2ccccc2)N(C(=O)c2ccc(Cl)cc2)C1. The fourth-order valence-corrected chi connectivity index (χ4v) is 3.86. The minimum Gasteiger partial charge on any atom is -0.353 e. The second-order valence-corrected chi connectivity index (χ2v) is 7.88. The van der Waals surface area contributed by atoms with E-state index in [1.165, 1.54) is 0 Å². The number of piperidine rings is 1. The van der Waals surface area contributed by atoms with Crippen molar-refractivity contribution in [1.82, 2.24) is 10.2 Å². The minimum absolute atomic E-state index is 0.0145. The molecule has 4 rings (SSSR count). The highest BCUT2D eigenvalue weighted by molar-refractivity contribution is 6.30. The molecule has 1 saturated carbocycles. The van der Waals surface area contributed by atoms with E-state index >= 15 is 0 Å². The zero-order chi connectivity index (χ0) is 18.8. The third kappa shape index (κ3) is 4.16. The van der Waals surface area contributed by atoms with Gasteiger partial charge in [-0.1, -0.05) is 41.9 Å². The molecule has 1 aliphatic heterocycles. The van der Waals surface area contributed by atoms with Crippen LogP contribution in [-0.4, -0.2) is 29.3 Å². The molecule has 2 aromatic rings. The number of benzene rings is 2. The highest BCUT2D eigenvalue weighted by Gasteiger charge is 2.37. The van der Waals surface area contributed by atoms with Gasteiger partial charge in [0, 0.05) is 23.2 Å². The van der Waals surface area contributed by atoms with E-state index in [0.717, 1.165) is 31.2 Å². The minimum atomic E-state index is -0.151. The monoisotopic (exact) mass is 382 g/mol. The molecule has 1 aliphatic carbocycles. The number of halogens is 1. The maximum atomic E-state index is 13.2. The molecule has 27 heavy (non-hydrogen) atoms. The fourth-order valence-electron chi connectivity index (χ4n) is 3.74. The number of likely N-dealkylation sites (tertiary alicyclic amines) is 1. The first-order chi connectivity index (χ1) is 13.1. The highest BCUT2D eigenvalue weighted by Crippen LogP contribution is 2.35. The summed E-state index contributed by atoms with van der Waals surface area (Å²) in [4.78, 5) is 27.7. The van der Waals surface area contributed by atoms with Gasteiger partial charge in [-0.2, -0.15) is 0 Å². The van der Waals surface area contributed by atoms with Gasteiger partial charge in [0.05, 0.1) is 12.0 Å². The quantitative estimate of drug-likeness (QED) is 0.860. The molecule has 2 fully saturated rings. The molecular formula is C22H23ClN2O2. The van der Waals surface area contributed by atoms with Crippen molar-refractivity contribution < 1.29 is 9.59 Å².